The lowest BCUT2D eigenvalue weighted by molar-refractivity contribution is 0.998. The predicted octanol–water partition coefficient (Wildman–Crippen LogP) is 2.30. The molecule has 0 radical (unpaired) electrons. The maximum Gasteiger partial charge on any atom is 0.0939 e. The minimum absolute atomic E-state index is 1.08. The van der Waals surface area contributed by atoms with E-state index in [-0.39, 0.29) is 0 Å². The van der Waals surface area contributed by atoms with Crippen LogP contribution >= 0.6 is 11.9 Å². The Balaban J connectivity index is 2.47. The second kappa shape index (κ2) is 3.66. The lowest BCUT2D eigenvalue weighted by Gasteiger charge is -2.10. The number of nitrogens with zero attached hydrogens (tertiary/aromatic N) is 1. The molecule has 0 spiro atoms. The largest absolute Gasteiger partial charge is 0.327 e. The van der Waals surface area contributed by atoms with Crippen LogP contribution in [0, 0.1) is 0 Å². The molecule has 0 saturated heterocycles. The van der Waals surface area contributed by atoms with Crippen molar-refractivity contribution in [1.29, 1.82) is 0 Å². The average Bonchev–Trinajstić information content (AvgIpc) is 1.95. The van der Waals surface area contributed by atoms with Gasteiger partial charge in [-0.25, -0.2) is 0 Å². The Bertz CT molecular complexity index is 168. The molecule has 1 aliphatic rings. The fourth-order valence-corrected chi connectivity index (χ4v) is 1.43. The summed E-state index contributed by atoms with van der Waals surface area (Å²) >= 11 is 1.63. The first-order valence-electron chi connectivity index (χ1n) is 3.49. The maximum absolute atomic E-state index is 4.26. The van der Waals surface area contributed by atoms with Gasteiger partial charge in [0.05, 0.1) is 5.04 Å². The zero-order chi connectivity index (χ0) is 7.40. The van der Waals surface area contributed by atoms with Gasteiger partial charge in [-0.3, -0.25) is 4.99 Å². The summed E-state index contributed by atoms with van der Waals surface area (Å²) in [6.45, 7) is 4.17. The van der Waals surface area contributed by atoms with Crippen molar-refractivity contribution in [3.05, 3.63) is 11.9 Å². The zero-order valence-electron chi connectivity index (χ0n) is 6.35. The predicted molar refractivity (Wildman–Crippen MR) is 46.8 cm³/mol. The molecule has 0 saturated carbocycles. The fourth-order valence-electron chi connectivity index (χ4n) is 0.690. The molecule has 1 rings (SSSR count). The highest BCUT2D eigenvalue weighted by atomic mass is 32.2. The number of rotatable bonds is 2. The van der Waals surface area contributed by atoms with Gasteiger partial charge in [-0.1, -0.05) is 13.3 Å². The molecule has 0 aromatic heterocycles. The highest BCUT2D eigenvalue weighted by Crippen LogP contribution is 2.12. The molecular formula is C7H12N2S. The van der Waals surface area contributed by atoms with Crippen LogP contribution in [-0.2, 0) is 0 Å². The maximum atomic E-state index is 4.26. The van der Waals surface area contributed by atoms with E-state index in [1.54, 1.807) is 11.9 Å². The monoisotopic (exact) mass is 156 g/mol. The van der Waals surface area contributed by atoms with Crippen molar-refractivity contribution < 1.29 is 0 Å². The second-order valence-corrected chi connectivity index (χ2v) is 3.17. The van der Waals surface area contributed by atoms with Gasteiger partial charge in [-0.05, 0) is 13.3 Å². The quantitative estimate of drug-likeness (QED) is 0.620. The van der Waals surface area contributed by atoms with E-state index in [9.17, 15) is 0 Å². The molecule has 0 aliphatic carbocycles. The van der Waals surface area contributed by atoms with E-state index < -0.39 is 0 Å². The molecule has 0 atom stereocenters. The Morgan fingerprint density at radius 1 is 1.70 bits per heavy atom. The van der Waals surface area contributed by atoms with E-state index in [1.165, 1.54) is 11.5 Å². The zero-order valence-corrected chi connectivity index (χ0v) is 7.16. The Kier molecular flexibility index (Phi) is 2.81. The van der Waals surface area contributed by atoms with Crippen molar-refractivity contribution in [2.45, 2.75) is 26.7 Å². The smallest absolute Gasteiger partial charge is 0.0939 e. The molecule has 2 nitrogen and oxygen atoms in total. The molecule has 0 unspecified atom stereocenters. The molecule has 1 N–H and O–H groups in total. The van der Waals surface area contributed by atoms with Gasteiger partial charge in [0.2, 0.25) is 0 Å². The molecule has 1 heterocycles. The highest BCUT2D eigenvalue weighted by molar-refractivity contribution is 8.12. The van der Waals surface area contributed by atoms with Crippen LogP contribution in [0.15, 0.2) is 16.9 Å². The summed E-state index contributed by atoms with van der Waals surface area (Å²) in [4.78, 5) is 4.26. The fraction of sp³-hybridized carbons (Fsp3) is 0.571. The molecule has 0 bridgehead atoms. The van der Waals surface area contributed by atoms with Crippen molar-refractivity contribution in [3.8, 4) is 0 Å². The summed E-state index contributed by atoms with van der Waals surface area (Å²) in [6.07, 6.45) is 4.13. The number of nitrogens with one attached hydrogen (secondary N) is 1. The van der Waals surface area contributed by atoms with Gasteiger partial charge in [0, 0.05) is 23.8 Å². The Morgan fingerprint density at radius 3 is 3.00 bits per heavy atom. The van der Waals surface area contributed by atoms with Gasteiger partial charge in [0.1, 0.15) is 0 Å². The van der Waals surface area contributed by atoms with Gasteiger partial charge < -0.3 is 4.72 Å². The van der Waals surface area contributed by atoms with E-state index in [1.807, 2.05) is 13.1 Å². The van der Waals surface area contributed by atoms with Crippen LogP contribution in [0.2, 0.25) is 0 Å². The van der Waals surface area contributed by atoms with Crippen LogP contribution in [0.3, 0.4) is 0 Å². The van der Waals surface area contributed by atoms with Crippen molar-refractivity contribution in [3.63, 3.8) is 0 Å². The van der Waals surface area contributed by atoms with Crippen LogP contribution in [0.5, 0.6) is 0 Å². The van der Waals surface area contributed by atoms with Gasteiger partial charge in [-0.15, -0.1) is 0 Å². The minimum Gasteiger partial charge on any atom is -0.327 e. The van der Waals surface area contributed by atoms with Crippen LogP contribution in [0.4, 0.5) is 0 Å². The molecule has 10 heavy (non-hydrogen) atoms. The number of aliphatic imine (C=N–C) groups is 1. The summed E-state index contributed by atoms with van der Waals surface area (Å²) in [7, 11) is 0. The third kappa shape index (κ3) is 2.06. The Morgan fingerprint density at radius 2 is 2.50 bits per heavy atom. The van der Waals surface area contributed by atoms with Gasteiger partial charge in [0.15, 0.2) is 0 Å². The van der Waals surface area contributed by atoms with Crippen LogP contribution in [-0.4, -0.2) is 5.04 Å². The number of hydrogen-bond donors (Lipinski definition) is 1. The van der Waals surface area contributed by atoms with E-state index in [4.69, 9.17) is 0 Å². The summed E-state index contributed by atoms with van der Waals surface area (Å²) < 4.78 is 3.16. The van der Waals surface area contributed by atoms with Crippen LogP contribution < -0.4 is 4.72 Å². The molecule has 0 aromatic carbocycles. The second-order valence-electron chi connectivity index (χ2n) is 2.29. The molecule has 0 fully saturated rings. The van der Waals surface area contributed by atoms with Crippen molar-refractivity contribution in [2.75, 3.05) is 0 Å². The third-order valence-electron chi connectivity index (χ3n) is 1.20. The standard InChI is InChI=1S/C7H12N2S/c1-3-4-7-8-5-6(2)9-10-7/h5,9H,3-4H2,1-2H3. The summed E-state index contributed by atoms with van der Waals surface area (Å²) in [6, 6.07) is 0. The summed E-state index contributed by atoms with van der Waals surface area (Å²) in [5.41, 5.74) is 1.13. The Hall–Kier alpha value is -0.440. The van der Waals surface area contributed by atoms with Gasteiger partial charge in [-0.2, -0.15) is 0 Å². The molecule has 0 amide bonds. The lowest BCUT2D eigenvalue weighted by Crippen LogP contribution is -2.09. The summed E-state index contributed by atoms with van der Waals surface area (Å²) in [5.74, 6) is 0. The lowest BCUT2D eigenvalue weighted by atomic mass is 10.4. The molecule has 1 aliphatic heterocycles. The Labute approximate surface area is 65.9 Å². The minimum atomic E-state index is 1.08. The summed E-state index contributed by atoms with van der Waals surface area (Å²) in [5, 5.41) is 1.19. The third-order valence-corrected chi connectivity index (χ3v) is 2.17. The molecular weight excluding hydrogens is 144 g/mol. The topological polar surface area (TPSA) is 24.4 Å². The van der Waals surface area contributed by atoms with E-state index in [0.29, 0.717) is 0 Å². The number of allylic oxidation sites excluding steroid dienone is 1. The first kappa shape index (κ1) is 7.66. The first-order chi connectivity index (χ1) is 4.83. The van der Waals surface area contributed by atoms with E-state index in [2.05, 4.69) is 16.6 Å². The normalized spacial score (nSPS) is 17.4. The van der Waals surface area contributed by atoms with E-state index in [0.717, 1.165) is 12.1 Å². The highest BCUT2D eigenvalue weighted by Gasteiger charge is 2.02. The van der Waals surface area contributed by atoms with Crippen LogP contribution in [0.25, 0.3) is 0 Å². The average molecular weight is 156 g/mol. The van der Waals surface area contributed by atoms with E-state index >= 15 is 0 Å². The molecule has 56 valence electrons. The first-order valence-corrected chi connectivity index (χ1v) is 4.31. The van der Waals surface area contributed by atoms with Gasteiger partial charge in [0.25, 0.3) is 0 Å². The molecule has 0 aromatic rings. The van der Waals surface area contributed by atoms with Crippen molar-refractivity contribution >= 4 is 17.0 Å². The van der Waals surface area contributed by atoms with Crippen molar-refractivity contribution in [1.82, 2.24) is 4.72 Å². The number of hydrogen-bond acceptors (Lipinski definition) is 3. The SMILES string of the molecule is CCCC1=NC=C(C)NS1. The molecule has 3 heteroatoms. The van der Waals surface area contributed by atoms with Crippen LogP contribution in [0.1, 0.15) is 26.7 Å². The van der Waals surface area contributed by atoms with Gasteiger partial charge >= 0.3 is 0 Å². The van der Waals surface area contributed by atoms with Crippen molar-refractivity contribution in [2.24, 2.45) is 4.99 Å².